The summed E-state index contributed by atoms with van der Waals surface area (Å²) in [5.41, 5.74) is 3.35. The molecule has 4 N–H and O–H groups in total. The second kappa shape index (κ2) is 18.0. The highest BCUT2D eigenvalue weighted by Gasteiger charge is 2.18. The first-order valence-electron chi connectivity index (χ1n) is 14.7. The van der Waals surface area contributed by atoms with Gasteiger partial charge in [0.05, 0.1) is 12.1 Å². The molecule has 4 aromatic carbocycles. The summed E-state index contributed by atoms with van der Waals surface area (Å²) in [6.07, 6.45) is 1.91. The van der Waals surface area contributed by atoms with Crippen molar-refractivity contribution < 1.29 is 28.7 Å². The molecule has 0 saturated heterocycles. The number of amides is 4. The summed E-state index contributed by atoms with van der Waals surface area (Å²) in [6, 6.07) is 35.0. The van der Waals surface area contributed by atoms with Crippen molar-refractivity contribution in [2.75, 3.05) is 13.2 Å². The Morgan fingerprint density at radius 1 is 0.500 bits per heavy atom. The van der Waals surface area contributed by atoms with Crippen molar-refractivity contribution in [2.45, 2.75) is 25.2 Å². The number of rotatable bonds is 14. The molecule has 0 unspecified atom stereocenters. The molecule has 0 spiro atoms. The van der Waals surface area contributed by atoms with E-state index in [1.807, 2.05) is 121 Å². The number of benzene rings is 4. The third-order valence-corrected chi connectivity index (χ3v) is 6.75. The van der Waals surface area contributed by atoms with E-state index in [1.54, 1.807) is 0 Å². The molecule has 0 heterocycles. The summed E-state index contributed by atoms with van der Waals surface area (Å²) in [4.78, 5) is 50.1. The van der Waals surface area contributed by atoms with Gasteiger partial charge in [0.15, 0.2) is 0 Å². The van der Waals surface area contributed by atoms with Gasteiger partial charge in [0.25, 0.3) is 0 Å². The van der Waals surface area contributed by atoms with Crippen molar-refractivity contribution >= 4 is 24.0 Å². The van der Waals surface area contributed by atoms with E-state index in [0.29, 0.717) is 13.1 Å². The van der Waals surface area contributed by atoms with Crippen LogP contribution in [0.25, 0.3) is 0 Å². The van der Waals surface area contributed by atoms with Gasteiger partial charge in [0.2, 0.25) is 0 Å². The third-order valence-electron chi connectivity index (χ3n) is 6.75. The molecule has 10 nitrogen and oxygen atoms in total. The van der Waals surface area contributed by atoms with Crippen LogP contribution in [0.3, 0.4) is 0 Å². The van der Waals surface area contributed by atoms with Gasteiger partial charge in [-0.15, -0.1) is 0 Å². The van der Waals surface area contributed by atoms with Gasteiger partial charge in [-0.3, -0.25) is 0 Å². The average Bonchev–Trinajstić information content (AvgIpc) is 3.10. The maximum Gasteiger partial charge on any atom is 0.331 e. The van der Waals surface area contributed by atoms with Crippen molar-refractivity contribution in [3.8, 4) is 0 Å². The number of carbonyl (C=O) groups excluding carboxylic acids is 4. The molecule has 4 rings (SSSR count). The molecule has 0 bridgehead atoms. The van der Waals surface area contributed by atoms with Crippen LogP contribution < -0.4 is 21.3 Å². The monoisotopic (exact) mass is 620 g/mol. The molecule has 46 heavy (non-hydrogen) atoms. The third kappa shape index (κ3) is 11.6. The fourth-order valence-corrected chi connectivity index (χ4v) is 4.35. The van der Waals surface area contributed by atoms with E-state index >= 15 is 0 Å². The molecular weight excluding hydrogens is 584 g/mol. The van der Waals surface area contributed by atoms with Gasteiger partial charge in [0, 0.05) is 25.2 Å². The smallest absolute Gasteiger partial charge is 0.331 e. The second-order valence-corrected chi connectivity index (χ2v) is 10.1. The zero-order valence-electron chi connectivity index (χ0n) is 25.1. The summed E-state index contributed by atoms with van der Waals surface area (Å²) in [7, 11) is 0. The van der Waals surface area contributed by atoms with Crippen LogP contribution in [-0.2, 0) is 32.2 Å². The Balaban J connectivity index is 1.26. The van der Waals surface area contributed by atoms with Crippen LogP contribution >= 0.6 is 0 Å². The van der Waals surface area contributed by atoms with E-state index in [4.69, 9.17) is 9.47 Å². The lowest BCUT2D eigenvalue weighted by atomic mass is 10.1. The van der Waals surface area contributed by atoms with E-state index < -0.39 is 36.1 Å². The van der Waals surface area contributed by atoms with Gasteiger partial charge in [-0.1, -0.05) is 121 Å². The molecule has 0 aliphatic carbocycles. The molecule has 0 aliphatic rings. The van der Waals surface area contributed by atoms with Gasteiger partial charge in [-0.2, -0.15) is 0 Å². The van der Waals surface area contributed by atoms with Crippen LogP contribution in [0.2, 0.25) is 0 Å². The van der Waals surface area contributed by atoms with Gasteiger partial charge in [-0.25, -0.2) is 19.2 Å². The predicted molar refractivity (Wildman–Crippen MR) is 173 cm³/mol. The lowest BCUT2D eigenvalue weighted by Crippen LogP contribution is -2.39. The standard InChI is InChI=1S/C36H36N4O6/c41-33(45-25-31(29-17-9-3-10-18-29)39-35(43)37-23-27-13-5-1-6-14-27)21-22-34(42)46-26-32(30-19-11-4-12-20-30)40-36(44)38-24-28-15-7-2-8-16-28/h1-22,31-32H,23-26H2,(H2,37,39,43)(H2,38,40,44)/b22-21+/t31-,32-/m0/s1. The first-order chi connectivity index (χ1) is 22.5. The number of esters is 2. The number of nitrogens with one attached hydrogen (secondary N) is 4. The molecular formula is C36H36N4O6. The Kier molecular flexibility index (Phi) is 12.9. The van der Waals surface area contributed by atoms with Gasteiger partial charge >= 0.3 is 24.0 Å². The lowest BCUT2D eigenvalue weighted by molar-refractivity contribution is -0.141. The Morgan fingerprint density at radius 3 is 1.17 bits per heavy atom. The molecule has 0 aromatic heterocycles. The fourth-order valence-electron chi connectivity index (χ4n) is 4.35. The van der Waals surface area contributed by atoms with E-state index in [1.165, 1.54) is 0 Å². The zero-order valence-corrected chi connectivity index (χ0v) is 25.1. The van der Waals surface area contributed by atoms with Crippen molar-refractivity contribution in [3.05, 3.63) is 156 Å². The van der Waals surface area contributed by atoms with Crippen LogP contribution in [0.4, 0.5) is 9.59 Å². The molecule has 4 aromatic rings. The maximum atomic E-state index is 12.6. The first-order valence-corrected chi connectivity index (χ1v) is 14.7. The number of urea groups is 2. The Labute approximate surface area is 267 Å². The molecule has 0 aliphatic heterocycles. The van der Waals surface area contributed by atoms with Gasteiger partial charge < -0.3 is 30.7 Å². The van der Waals surface area contributed by atoms with E-state index in [2.05, 4.69) is 21.3 Å². The predicted octanol–water partition coefficient (Wildman–Crippen LogP) is 5.11. The molecule has 2 atom stereocenters. The Bertz CT molecular complexity index is 1450. The minimum absolute atomic E-state index is 0.168. The summed E-state index contributed by atoms with van der Waals surface area (Å²) in [6.45, 7) is 0.327. The van der Waals surface area contributed by atoms with Crippen LogP contribution in [-0.4, -0.2) is 37.2 Å². The minimum atomic E-state index is -0.789. The molecule has 10 heteroatoms. The zero-order chi connectivity index (χ0) is 32.4. The fraction of sp³-hybridized carbons (Fsp3) is 0.167. The second-order valence-electron chi connectivity index (χ2n) is 10.1. The Hall–Kier alpha value is -5.90. The van der Waals surface area contributed by atoms with Gasteiger partial charge in [0.1, 0.15) is 13.2 Å². The van der Waals surface area contributed by atoms with Crippen molar-refractivity contribution in [1.82, 2.24) is 21.3 Å². The van der Waals surface area contributed by atoms with Crippen LogP contribution in [0.1, 0.15) is 34.3 Å². The number of carbonyl (C=O) groups is 4. The van der Waals surface area contributed by atoms with Crippen molar-refractivity contribution in [2.24, 2.45) is 0 Å². The topological polar surface area (TPSA) is 135 Å². The molecule has 4 amide bonds. The number of ether oxygens (including phenoxy) is 2. The van der Waals surface area contributed by atoms with Gasteiger partial charge in [-0.05, 0) is 22.3 Å². The first kappa shape index (κ1) is 33.0. The average molecular weight is 621 g/mol. The summed E-state index contributed by atoms with van der Waals surface area (Å²) in [5, 5.41) is 11.2. The highest BCUT2D eigenvalue weighted by molar-refractivity contribution is 5.91. The van der Waals surface area contributed by atoms with Crippen molar-refractivity contribution in [1.29, 1.82) is 0 Å². The summed E-state index contributed by atoms with van der Waals surface area (Å²) < 4.78 is 10.7. The molecule has 0 fully saturated rings. The minimum Gasteiger partial charge on any atom is -0.460 e. The number of hydrogen-bond donors (Lipinski definition) is 4. The highest BCUT2D eigenvalue weighted by atomic mass is 16.5. The van der Waals surface area contributed by atoms with E-state index in [0.717, 1.165) is 34.4 Å². The van der Waals surface area contributed by atoms with E-state index in [9.17, 15) is 19.2 Å². The maximum absolute atomic E-state index is 12.6. The largest absolute Gasteiger partial charge is 0.460 e. The summed E-state index contributed by atoms with van der Waals surface area (Å²) >= 11 is 0. The normalized spacial score (nSPS) is 11.9. The number of hydrogen-bond acceptors (Lipinski definition) is 6. The Morgan fingerprint density at radius 2 is 0.826 bits per heavy atom. The molecule has 0 saturated carbocycles. The molecule has 0 radical (unpaired) electrons. The van der Waals surface area contributed by atoms with Crippen molar-refractivity contribution in [3.63, 3.8) is 0 Å². The van der Waals surface area contributed by atoms with Crippen LogP contribution in [0, 0.1) is 0 Å². The highest BCUT2D eigenvalue weighted by Crippen LogP contribution is 2.15. The van der Waals surface area contributed by atoms with Crippen LogP contribution in [0.15, 0.2) is 133 Å². The SMILES string of the molecule is O=C(NCc1ccccc1)N[C@@H](COC(=O)/C=C/C(=O)OC[C@H](NC(=O)NCc1ccccc1)c1ccccc1)c1ccccc1. The van der Waals surface area contributed by atoms with Crippen LogP contribution in [0.5, 0.6) is 0 Å². The molecule has 236 valence electrons. The quantitative estimate of drug-likeness (QED) is 0.114. The van der Waals surface area contributed by atoms with E-state index in [-0.39, 0.29) is 13.2 Å². The lowest BCUT2D eigenvalue weighted by Gasteiger charge is -2.19. The summed E-state index contributed by atoms with van der Waals surface area (Å²) in [5.74, 6) is -1.58.